The Hall–Kier alpha value is -2.51. The summed E-state index contributed by atoms with van der Waals surface area (Å²) in [5, 5.41) is 9.93. The number of benzene rings is 2. The molecule has 0 amide bonds. The molecule has 0 aliphatic rings. The second kappa shape index (κ2) is 4.55. The predicted molar refractivity (Wildman–Crippen MR) is 79.9 cm³/mol. The highest BCUT2D eigenvalue weighted by Crippen LogP contribution is 2.30. The fourth-order valence-electron chi connectivity index (χ4n) is 2.33. The summed E-state index contributed by atoms with van der Waals surface area (Å²) in [5.41, 5.74) is 9.59. The number of nitrogen functional groups attached to an aromatic ring is 1. The molecule has 4 nitrogen and oxygen atoms in total. The molecular weight excluding hydrogens is 272 g/mol. The number of halogens is 1. The van der Waals surface area contributed by atoms with Crippen LogP contribution < -0.4 is 5.73 Å². The van der Waals surface area contributed by atoms with Crippen molar-refractivity contribution < 1.29 is 0 Å². The molecule has 0 atom stereocenters. The number of aromatic nitrogens is 2. The van der Waals surface area contributed by atoms with Gasteiger partial charge in [0.15, 0.2) is 0 Å². The predicted octanol–water partition coefficient (Wildman–Crippen LogP) is 3.44. The third-order valence-electron chi connectivity index (χ3n) is 3.26. The van der Waals surface area contributed by atoms with Gasteiger partial charge in [-0.15, -0.1) is 0 Å². The lowest BCUT2D eigenvalue weighted by Crippen LogP contribution is -2.04. The molecule has 0 aliphatic carbocycles. The van der Waals surface area contributed by atoms with E-state index in [9.17, 15) is 5.26 Å². The van der Waals surface area contributed by atoms with Crippen LogP contribution in [0, 0.1) is 18.3 Å². The number of aryl methyl sites for hydroxylation is 1. The highest BCUT2D eigenvalue weighted by Gasteiger charge is 2.16. The number of hydrogen-bond donors (Lipinski definition) is 1. The van der Waals surface area contributed by atoms with Gasteiger partial charge in [-0.05, 0) is 30.7 Å². The highest BCUT2D eigenvalue weighted by atomic mass is 35.5. The van der Waals surface area contributed by atoms with Gasteiger partial charge in [0, 0.05) is 0 Å². The number of imidazole rings is 1. The van der Waals surface area contributed by atoms with Gasteiger partial charge in [-0.25, -0.2) is 4.98 Å². The first-order valence-corrected chi connectivity index (χ1v) is 6.44. The monoisotopic (exact) mass is 282 g/mol. The van der Waals surface area contributed by atoms with Crippen LogP contribution in [0.3, 0.4) is 0 Å². The van der Waals surface area contributed by atoms with Gasteiger partial charge in [0.25, 0.3) is 0 Å². The van der Waals surface area contributed by atoms with Crippen LogP contribution in [0.1, 0.15) is 11.1 Å². The number of rotatable bonds is 1. The zero-order valence-corrected chi connectivity index (χ0v) is 11.5. The van der Waals surface area contributed by atoms with Gasteiger partial charge in [-0.1, -0.05) is 29.8 Å². The molecule has 98 valence electrons. The van der Waals surface area contributed by atoms with E-state index < -0.39 is 0 Å². The maximum atomic E-state index is 9.37. The summed E-state index contributed by atoms with van der Waals surface area (Å²) in [4.78, 5) is 4.30. The molecule has 2 N–H and O–H groups in total. The van der Waals surface area contributed by atoms with Crippen LogP contribution in [-0.2, 0) is 0 Å². The fraction of sp³-hybridized carbons (Fsp3) is 0.0667. The number of nitrogens with two attached hydrogens (primary N) is 1. The average Bonchev–Trinajstić information content (AvgIpc) is 2.76. The van der Waals surface area contributed by atoms with E-state index in [4.69, 9.17) is 17.3 Å². The fourth-order valence-corrected chi connectivity index (χ4v) is 2.59. The summed E-state index contributed by atoms with van der Waals surface area (Å²) in [5.74, 6) is 0.315. The van der Waals surface area contributed by atoms with Crippen molar-refractivity contribution in [2.75, 3.05) is 5.73 Å². The number of nitrogens with zero attached hydrogens (tertiary/aromatic N) is 3. The highest BCUT2D eigenvalue weighted by molar-refractivity contribution is 6.35. The Morgan fingerprint density at radius 1 is 1.25 bits per heavy atom. The first kappa shape index (κ1) is 12.5. The zero-order valence-electron chi connectivity index (χ0n) is 10.8. The van der Waals surface area contributed by atoms with E-state index >= 15 is 0 Å². The molecule has 1 heterocycles. The van der Waals surface area contributed by atoms with Crippen LogP contribution in [0.4, 0.5) is 5.95 Å². The number of hydrogen-bond acceptors (Lipinski definition) is 3. The standard InChI is InChI=1S/C15H11ClN4/c1-9-4-2-7-13(10(9)8-17)20-14-11(16)5-3-6-12(14)19-15(20)18/h2-7H,1H3,(H2,18,19). The topological polar surface area (TPSA) is 67.6 Å². The Balaban J connectivity index is 2.45. The van der Waals surface area contributed by atoms with Crippen LogP contribution in [0.15, 0.2) is 36.4 Å². The van der Waals surface area contributed by atoms with Gasteiger partial charge in [-0.2, -0.15) is 5.26 Å². The van der Waals surface area contributed by atoms with E-state index in [2.05, 4.69) is 11.1 Å². The number of nitriles is 1. The molecule has 20 heavy (non-hydrogen) atoms. The maximum absolute atomic E-state index is 9.37. The molecular formula is C15H11ClN4. The van der Waals surface area contributed by atoms with Gasteiger partial charge >= 0.3 is 0 Å². The molecule has 0 saturated carbocycles. The Labute approximate surface area is 121 Å². The number of para-hydroxylation sites is 1. The molecule has 5 heteroatoms. The normalized spacial score (nSPS) is 10.7. The molecule has 0 spiro atoms. The van der Waals surface area contributed by atoms with Crippen molar-refractivity contribution in [1.29, 1.82) is 5.26 Å². The Morgan fingerprint density at radius 2 is 2.00 bits per heavy atom. The van der Waals surface area contributed by atoms with E-state index in [0.717, 1.165) is 5.56 Å². The molecule has 0 unspecified atom stereocenters. The minimum absolute atomic E-state index is 0.315. The summed E-state index contributed by atoms with van der Waals surface area (Å²) in [6.45, 7) is 1.89. The van der Waals surface area contributed by atoms with Crippen molar-refractivity contribution in [3.8, 4) is 11.8 Å². The van der Waals surface area contributed by atoms with Crippen molar-refractivity contribution in [3.63, 3.8) is 0 Å². The molecule has 3 aromatic rings. The number of fused-ring (bicyclic) bond motifs is 1. The zero-order chi connectivity index (χ0) is 14.3. The maximum Gasteiger partial charge on any atom is 0.206 e. The second-order valence-corrected chi connectivity index (χ2v) is 4.90. The largest absolute Gasteiger partial charge is 0.369 e. The van der Waals surface area contributed by atoms with E-state index in [1.165, 1.54) is 0 Å². The van der Waals surface area contributed by atoms with Crippen LogP contribution in [-0.4, -0.2) is 9.55 Å². The first-order valence-electron chi connectivity index (χ1n) is 6.06. The Kier molecular flexibility index (Phi) is 2.85. The second-order valence-electron chi connectivity index (χ2n) is 4.49. The third kappa shape index (κ3) is 1.72. The summed E-state index contributed by atoms with van der Waals surface area (Å²) < 4.78 is 1.73. The van der Waals surface area contributed by atoms with Crippen LogP contribution in [0.2, 0.25) is 5.02 Å². The van der Waals surface area contributed by atoms with Gasteiger partial charge in [-0.3, -0.25) is 4.57 Å². The molecule has 3 rings (SSSR count). The molecule has 0 bridgehead atoms. The van der Waals surface area contributed by atoms with Gasteiger partial charge in [0.2, 0.25) is 5.95 Å². The van der Waals surface area contributed by atoms with Crippen LogP contribution in [0.25, 0.3) is 16.7 Å². The summed E-state index contributed by atoms with van der Waals surface area (Å²) in [6, 6.07) is 13.3. The first-order chi connectivity index (χ1) is 9.63. The van der Waals surface area contributed by atoms with Crippen molar-refractivity contribution in [2.24, 2.45) is 0 Å². The lowest BCUT2D eigenvalue weighted by molar-refractivity contribution is 1.09. The summed E-state index contributed by atoms with van der Waals surface area (Å²) >= 11 is 6.26. The Bertz CT molecular complexity index is 858. The quantitative estimate of drug-likeness (QED) is 0.743. The molecule has 0 fully saturated rings. The van der Waals surface area contributed by atoms with Crippen molar-refractivity contribution in [1.82, 2.24) is 9.55 Å². The lowest BCUT2D eigenvalue weighted by Gasteiger charge is -2.10. The smallest absolute Gasteiger partial charge is 0.206 e. The summed E-state index contributed by atoms with van der Waals surface area (Å²) in [6.07, 6.45) is 0. The minimum Gasteiger partial charge on any atom is -0.369 e. The number of anilines is 1. The molecule has 0 saturated heterocycles. The van der Waals surface area contributed by atoms with E-state index in [1.807, 2.05) is 37.3 Å². The summed E-state index contributed by atoms with van der Waals surface area (Å²) in [7, 11) is 0. The molecule has 0 radical (unpaired) electrons. The molecule has 1 aromatic heterocycles. The SMILES string of the molecule is Cc1cccc(-n2c(N)nc3cccc(Cl)c32)c1C#N. The van der Waals surface area contributed by atoms with E-state index in [-0.39, 0.29) is 0 Å². The van der Waals surface area contributed by atoms with Gasteiger partial charge < -0.3 is 5.73 Å². The van der Waals surface area contributed by atoms with E-state index in [1.54, 1.807) is 10.6 Å². The van der Waals surface area contributed by atoms with E-state index in [0.29, 0.717) is 33.3 Å². The van der Waals surface area contributed by atoms with Gasteiger partial charge in [0.05, 0.1) is 27.3 Å². The van der Waals surface area contributed by atoms with Crippen LogP contribution >= 0.6 is 11.6 Å². The van der Waals surface area contributed by atoms with Crippen molar-refractivity contribution in [2.45, 2.75) is 6.92 Å². The van der Waals surface area contributed by atoms with Gasteiger partial charge in [0.1, 0.15) is 6.07 Å². The average molecular weight is 283 g/mol. The third-order valence-corrected chi connectivity index (χ3v) is 3.56. The Morgan fingerprint density at radius 3 is 2.75 bits per heavy atom. The van der Waals surface area contributed by atoms with Crippen molar-refractivity contribution >= 4 is 28.6 Å². The lowest BCUT2D eigenvalue weighted by atomic mass is 10.1. The van der Waals surface area contributed by atoms with Crippen LogP contribution in [0.5, 0.6) is 0 Å². The minimum atomic E-state index is 0.315. The van der Waals surface area contributed by atoms with Crippen molar-refractivity contribution in [3.05, 3.63) is 52.5 Å². The molecule has 0 aliphatic heterocycles. The molecule has 2 aromatic carbocycles.